The number of benzene rings is 1. The minimum atomic E-state index is 0. The number of halogens is 1. The summed E-state index contributed by atoms with van der Waals surface area (Å²) >= 11 is 0. The molecule has 1 rings (SSSR count). The summed E-state index contributed by atoms with van der Waals surface area (Å²) < 4.78 is 5.36. The fourth-order valence-electron chi connectivity index (χ4n) is 1.48. The van der Waals surface area contributed by atoms with Crippen LogP contribution in [-0.2, 0) is 0 Å². The van der Waals surface area contributed by atoms with Crippen LogP contribution in [0.15, 0.2) is 24.3 Å². The highest BCUT2D eigenvalue weighted by Gasteiger charge is 2.04. The first-order valence-corrected chi connectivity index (χ1v) is 5.46. The zero-order valence-electron chi connectivity index (χ0n) is 9.69. The van der Waals surface area contributed by atoms with Crippen molar-refractivity contribution in [3.63, 3.8) is 0 Å². The fourth-order valence-corrected chi connectivity index (χ4v) is 1.48. The highest BCUT2D eigenvalue weighted by atomic mass is 35.5. The summed E-state index contributed by atoms with van der Waals surface area (Å²) in [6.45, 7) is 3.37. The zero-order valence-corrected chi connectivity index (χ0v) is 10.5. The lowest BCUT2D eigenvalue weighted by Crippen LogP contribution is -2.12. The molecular weight excluding hydrogens is 224 g/mol. The van der Waals surface area contributed by atoms with Crippen molar-refractivity contribution >= 4 is 12.4 Å². The van der Waals surface area contributed by atoms with Crippen LogP contribution in [0.3, 0.4) is 0 Å². The molecule has 0 heterocycles. The molecule has 92 valence electrons. The third-order valence-electron chi connectivity index (χ3n) is 2.34. The van der Waals surface area contributed by atoms with Crippen LogP contribution in [0.4, 0.5) is 0 Å². The third-order valence-corrected chi connectivity index (χ3v) is 2.34. The predicted octanol–water partition coefficient (Wildman–Crippen LogP) is 2.25. The molecule has 0 fully saturated rings. The number of ether oxygens (including phenoxy) is 1. The number of hydrogen-bond acceptors (Lipinski definition) is 3. The third kappa shape index (κ3) is 4.84. The second kappa shape index (κ2) is 8.39. The van der Waals surface area contributed by atoms with E-state index in [2.05, 4.69) is 0 Å². The van der Waals surface area contributed by atoms with Gasteiger partial charge in [-0.1, -0.05) is 12.1 Å². The maximum atomic E-state index is 6.01. The van der Waals surface area contributed by atoms with Crippen molar-refractivity contribution in [2.45, 2.75) is 25.8 Å². The fraction of sp³-hybridized carbons (Fsp3) is 0.500. The quantitative estimate of drug-likeness (QED) is 0.807. The molecule has 0 aromatic heterocycles. The molecule has 0 aliphatic heterocycles. The lowest BCUT2D eigenvalue weighted by Gasteiger charge is -2.12. The molecule has 0 radical (unpaired) electrons. The molecule has 1 aromatic rings. The predicted molar refractivity (Wildman–Crippen MR) is 70.1 cm³/mol. The molecule has 3 nitrogen and oxygen atoms in total. The number of rotatable bonds is 6. The van der Waals surface area contributed by atoms with Gasteiger partial charge in [0.15, 0.2) is 0 Å². The van der Waals surface area contributed by atoms with E-state index in [1.807, 2.05) is 31.2 Å². The molecule has 0 spiro atoms. The maximum Gasteiger partial charge on any atom is 0.119 e. The van der Waals surface area contributed by atoms with E-state index in [1.165, 1.54) is 0 Å². The second-order valence-electron chi connectivity index (χ2n) is 3.54. The van der Waals surface area contributed by atoms with Gasteiger partial charge in [0.1, 0.15) is 5.75 Å². The van der Waals surface area contributed by atoms with Crippen molar-refractivity contribution in [3.8, 4) is 5.75 Å². The molecular formula is C12H21ClN2O. The zero-order chi connectivity index (χ0) is 11.1. The number of hydrogen-bond donors (Lipinski definition) is 2. The Bertz CT molecular complexity index is 277. The Kier molecular flexibility index (Phi) is 7.99. The average molecular weight is 245 g/mol. The first kappa shape index (κ1) is 15.2. The smallest absolute Gasteiger partial charge is 0.119 e. The van der Waals surface area contributed by atoms with Gasteiger partial charge in [0.25, 0.3) is 0 Å². The van der Waals surface area contributed by atoms with E-state index in [-0.39, 0.29) is 18.4 Å². The van der Waals surface area contributed by atoms with Crippen molar-refractivity contribution in [2.24, 2.45) is 11.5 Å². The minimum absolute atomic E-state index is 0. The van der Waals surface area contributed by atoms with Gasteiger partial charge in [-0.25, -0.2) is 0 Å². The number of nitrogens with two attached hydrogens (primary N) is 2. The topological polar surface area (TPSA) is 61.3 Å². The van der Waals surface area contributed by atoms with E-state index in [0.29, 0.717) is 13.2 Å². The van der Waals surface area contributed by atoms with Gasteiger partial charge in [-0.05, 0) is 44.0 Å². The normalized spacial score (nSPS) is 11.7. The first-order chi connectivity index (χ1) is 7.27. The standard InChI is InChI=1S/C12H20N2O.ClH/c1-2-15-11-7-5-10(6-8-11)12(14)4-3-9-13;/h5-8,12H,2-4,9,13-14H2,1H3;1H/t12-;/m0./s1. The first-order valence-electron chi connectivity index (χ1n) is 5.46. The second-order valence-corrected chi connectivity index (χ2v) is 3.54. The average Bonchev–Trinajstić information content (AvgIpc) is 2.27. The Hall–Kier alpha value is -0.770. The molecule has 0 aliphatic rings. The van der Waals surface area contributed by atoms with Crippen LogP contribution in [0, 0.1) is 0 Å². The molecule has 4 N–H and O–H groups in total. The van der Waals surface area contributed by atoms with E-state index >= 15 is 0 Å². The van der Waals surface area contributed by atoms with Crippen molar-refractivity contribution in [3.05, 3.63) is 29.8 Å². The van der Waals surface area contributed by atoms with Crippen LogP contribution in [0.2, 0.25) is 0 Å². The summed E-state index contributed by atoms with van der Waals surface area (Å²) in [5.74, 6) is 0.896. The lowest BCUT2D eigenvalue weighted by atomic mass is 10.0. The largest absolute Gasteiger partial charge is 0.494 e. The molecule has 1 aromatic carbocycles. The van der Waals surface area contributed by atoms with Crippen LogP contribution < -0.4 is 16.2 Å². The maximum absolute atomic E-state index is 6.01. The van der Waals surface area contributed by atoms with Crippen molar-refractivity contribution in [2.75, 3.05) is 13.2 Å². The minimum Gasteiger partial charge on any atom is -0.494 e. The van der Waals surface area contributed by atoms with Gasteiger partial charge in [-0.3, -0.25) is 0 Å². The molecule has 1 atom stereocenters. The van der Waals surface area contributed by atoms with E-state index in [0.717, 1.165) is 24.2 Å². The molecule has 0 amide bonds. The highest BCUT2D eigenvalue weighted by Crippen LogP contribution is 2.19. The molecule has 0 aliphatic carbocycles. The van der Waals surface area contributed by atoms with E-state index in [1.54, 1.807) is 0 Å². The lowest BCUT2D eigenvalue weighted by molar-refractivity contribution is 0.340. The van der Waals surface area contributed by atoms with Crippen LogP contribution in [-0.4, -0.2) is 13.2 Å². The summed E-state index contributed by atoms with van der Waals surface area (Å²) in [5.41, 5.74) is 12.6. The highest BCUT2D eigenvalue weighted by molar-refractivity contribution is 5.85. The summed E-state index contributed by atoms with van der Waals surface area (Å²) in [5, 5.41) is 0. The Balaban J connectivity index is 0.00000225. The van der Waals surface area contributed by atoms with E-state index < -0.39 is 0 Å². The summed E-state index contributed by atoms with van der Waals surface area (Å²) in [7, 11) is 0. The Labute approximate surface area is 104 Å². The molecule has 0 saturated heterocycles. The molecule has 0 saturated carbocycles. The van der Waals surface area contributed by atoms with Gasteiger partial charge in [0.05, 0.1) is 6.61 Å². The van der Waals surface area contributed by atoms with Crippen LogP contribution in [0.5, 0.6) is 5.75 Å². The van der Waals surface area contributed by atoms with Gasteiger partial charge in [-0.15, -0.1) is 12.4 Å². The van der Waals surface area contributed by atoms with Crippen LogP contribution in [0.25, 0.3) is 0 Å². The molecule has 0 bridgehead atoms. The monoisotopic (exact) mass is 244 g/mol. The summed E-state index contributed by atoms with van der Waals surface area (Å²) in [6.07, 6.45) is 1.90. The van der Waals surface area contributed by atoms with E-state index in [9.17, 15) is 0 Å². The molecule has 0 unspecified atom stereocenters. The summed E-state index contributed by atoms with van der Waals surface area (Å²) in [6, 6.07) is 8.05. The van der Waals surface area contributed by atoms with Crippen molar-refractivity contribution in [1.29, 1.82) is 0 Å². The van der Waals surface area contributed by atoms with Gasteiger partial charge in [0.2, 0.25) is 0 Å². The van der Waals surface area contributed by atoms with Gasteiger partial charge in [-0.2, -0.15) is 0 Å². The van der Waals surface area contributed by atoms with Crippen LogP contribution >= 0.6 is 12.4 Å². The SMILES string of the molecule is CCOc1ccc([C@@H](N)CCCN)cc1.Cl. The van der Waals surface area contributed by atoms with Gasteiger partial charge < -0.3 is 16.2 Å². The van der Waals surface area contributed by atoms with Crippen LogP contribution in [0.1, 0.15) is 31.4 Å². The van der Waals surface area contributed by atoms with E-state index in [4.69, 9.17) is 16.2 Å². The Morgan fingerprint density at radius 2 is 1.88 bits per heavy atom. The van der Waals surface area contributed by atoms with Gasteiger partial charge >= 0.3 is 0 Å². The Morgan fingerprint density at radius 3 is 2.38 bits per heavy atom. The molecule has 4 heteroatoms. The Morgan fingerprint density at radius 1 is 1.25 bits per heavy atom. The van der Waals surface area contributed by atoms with Crippen molar-refractivity contribution < 1.29 is 4.74 Å². The summed E-state index contributed by atoms with van der Waals surface area (Å²) in [4.78, 5) is 0. The van der Waals surface area contributed by atoms with Crippen molar-refractivity contribution in [1.82, 2.24) is 0 Å². The molecule has 16 heavy (non-hydrogen) atoms. The van der Waals surface area contributed by atoms with Gasteiger partial charge in [0, 0.05) is 6.04 Å².